The van der Waals surface area contributed by atoms with Crippen LogP contribution in [0.3, 0.4) is 0 Å². The molecule has 1 aliphatic rings. The number of carbonyl (C=O) groups is 2. The highest BCUT2D eigenvalue weighted by Gasteiger charge is 2.35. The molecule has 2 aromatic rings. The molecule has 1 atom stereocenters. The van der Waals surface area contributed by atoms with Crippen molar-refractivity contribution >= 4 is 52.5 Å². The molecule has 2 aromatic carbocycles. The first kappa shape index (κ1) is 21.8. The van der Waals surface area contributed by atoms with Crippen molar-refractivity contribution in [2.45, 2.75) is 26.4 Å². The number of thiocarbonyl (C=S) groups is 1. The Morgan fingerprint density at radius 3 is 2.60 bits per heavy atom. The summed E-state index contributed by atoms with van der Waals surface area (Å²) in [5.74, 6) is -0.126. The fourth-order valence-corrected chi connectivity index (χ4v) is 3.37. The highest BCUT2D eigenvalue weighted by molar-refractivity contribution is 7.80. The highest BCUT2D eigenvalue weighted by Crippen LogP contribution is 2.32. The number of hydrogen-bond acceptors (Lipinski definition) is 5. The van der Waals surface area contributed by atoms with Crippen LogP contribution in [-0.2, 0) is 9.59 Å². The van der Waals surface area contributed by atoms with E-state index in [1.807, 2.05) is 13.8 Å². The van der Waals surface area contributed by atoms with E-state index in [9.17, 15) is 9.59 Å². The molecule has 0 spiro atoms. The number of ether oxygens (including phenoxy) is 2. The summed E-state index contributed by atoms with van der Waals surface area (Å²) in [5.41, 5.74) is 0.959. The minimum atomic E-state index is -0.577. The van der Waals surface area contributed by atoms with Gasteiger partial charge < -0.3 is 9.47 Å². The normalized spacial score (nSPS) is 16.5. The van der Waals surface area contributed by atoms with Gasteiger partial charge in [0.1, 0.15) is 17.1 Å². The SMILES string of the molecule is CC[C@H](C)Oc1ccc(/C=C2\C(=O)NC(=S)N(c3ccccc3OC)C2=O)cc1Cl. The van der Waals surface area contributed by atoms with Crippen molar-refractivity contribution in [1.82, 2.24) is 5.32 Å². The van der Waals surface area contributed by atoms with Gasteiger partial charge >= 0.3 is 0 Å². The molecule has 1 N–H and O–H groups in total. The summed E-state index contributed by atoms with van der Waals surface area (Å²) in [6.45, 7) is 3.97. The second kappa shape index (κ2) is 9.28. The average molecular weight is 445 g/mol. The minimum Gasteiger partial charge on any atom is -0.495 e. The molecule has 6 nitrogen and oxygen atoms in total. The third-order valence-electron chi connectivity index (χ3n) is 4.60. The fourth-order valence-electron chi connectivity index (χ4n) is 2.86. The Morgan fingerprint density at radius 2 is 1.93 bits per heavy atom. The molecule has 8 heteroatoms. The average Bonchev–Trinajstić information content (AvgIpc) is 2.73. The number of nitrogens with zero attached hydrogens (tertiary/aromatic N) is 1. The largest absolute Gasteiger partial charge is 0.495 e. The molecular weight excluding hydrogens is 424 g/mol. The molecule has 0 unspecified atom stereocenters. The molecule has 0 aromatic heterocycles. The molecule has 156 valence electrons. The maximum absolute atomic E-state index is 13.2. The van der Waals surface area contributed by atoms with Crippen LogP contribution in [-0.4, -0.2) is 30.1 Å². The molecule has 30 heavy (non-hydrogen) atoms. The predicted octanol–water partition coefficient (Wildman–Crippen LogP) is 4.36. The maximum atomic E-state index is 13.2. The van der Waals surface area contributed by atoms with E-state index in [0.717, 1.165) is 6.42 Å². The third-order valence-corrected chi connectivity index (χ3v) is 5.18. The van der Waals surface area contributed by atoms with Gasteiger partial charge in [0.2, 0.25) is 0 Å². The van der Waals surface area contributed by atoms with Crippen molar-refractivity contribution in [2.75, 3.05) is 12.0 Å². The van der Waals surface area contributed by atoms with Crippen LogP contribution in [0.2, 0.25) is 5.02 Å². The number of amides is 2. The molecule has 0 aliphatic carbocycles. The van der Waals surface area contributed by atoms with Gasteiger partial charge in [-0.1, -0.05) is 36.7 Å². The van der Waals surface area contributed by atoms with Gasteiger partial charge in [0.15, 0.2) is 5.11 Å². The van der Waals surface area contributed by atoms with E-state index >= 15 is 0 Å². The van der Waals surface area contributed by atoms with Gasteiger partial charge in [-0.25, -0.2) is 4.90 Å². The number of methoxy groups -OCH3 is 1. The van der Waals surface area contributed by atoms with Crippen LogP contribution in [0.5, 0.6) is 11.5 Å². The van der Waals surface area contributed by atoms with Gasteiger partial charge in [-0.3, -0.25) is 14.9 Å². The van der Waals surface area contributed by atoms with Gasteiger partial charge in [-0.15, -0.1) is 0 Å². The number of carbonyl (C=O) groups excluding carboxylic acids is 2. The lowest BCUT2D eigenvalue weighted by molar-refractivity contribution is -0.122. The van der Waals surface area contributed by atoms with E-state index in [0.29, 0.717) is 27.8 Å². The molecular formula is C22H21ClN2O4S. The molecule has 0 bridgehead atoms. The Balaban J connectivity index is 1.96. The van der Waals surface area contributed by atoms with E-state index in [1.165, 1.54) is 18.1 Å². The number of rotatable bonds is 6. The predicted molar refractivity (Wildman–Crippen MR) is 121 cm³/mol. The van der Waals surface area contributed by atoms with E-state index in [-0.39, 0.29) is 16.8 Å². The Morgan fingerprint density at radius 1 is 1.20 bits per heavy atom. The van der Waals surface area contributed by atoms with Gasteiger partial charge in [0, 0.05) is 0 Å². The number of halogens is 1. The van der Waals surface area contributed by atoms with Crippen molar-refractivity contribution in [3.05, 3.63) is 58.6 Å². The van der Waals surface area contributed by atoms with Gasteiger partial charge in [0.05, 0.1) is 23.9 Å². The number of anilines is 1. The molecule has 0 saturated carbocycles. The van der Waals surface area contributed by atoms with Gasteiger partial charge in [0.25, 0.3) is 11.8 Å². The molecule has 0 radical (unpaired) electrons. The zero-order valence-corrected chi connectivity index (χ0v) is 18.3. The lowest BCUT2D eigenvalue weighted by Gasteiger charge is -2.29. The quantitative estimate of drug-likeness (QED) is 0.407. The molecule has 3 rings (SSSR count). The van der Waals surface area contributed by atoms with Crippen molar-refractivity contribution in [2.24, 2.45) is 0 Å². The molecule has 2 amide bonds. The maximum Gasteiger partial charge on any atom is 0.270 e. The first-order chi connectivity index (χ1) is 14.3. The smallest absolute Gasteiger partial charge is 0.270 e. The summed E-state index contributed by atoms with van der Waals surface area (Å²) in [5, 5.41) is 2.94. The van der Waals surface area contributed by atoms with E-state index in [4.69, 9.17) is 33.3 Å². The summed E-state index contributed by atoms with van der Waals surface area (Å²) in [7, 11) is 1.50. The monoisotopic (exact) mass is 444 g/mol. The number of nitrogens with one attached hydrogen (secondary N) is 1. The summed E-state index contributed by atoms with van der Waals surface area (Å²) in [6.07, 6.45) is 2.34. The first-order valence-corrected chi connectivity index (χ1v) is 10.1. The Labute approximate surface area is 185 Å². The molecule has 1 fully saturated rings. The summed E-state index contributed by atoms with van der Waals surface area (Å²) < 4.78 is 11.1. The van der Waals surface area contributed by atoms with E-state index in [1.54, 1.807) is 42.5 Å². The first-order valence-electron chi connectivity index (χ1n) is 9.36. The third kappa shape index (κ3) is 4.47. The lowest BCUT2D eigenvalue weighted by atomic mass is 10.1. The second-order valence-electron chi connectivity index (χ2n) is 6.66. The Bertz CT molecular complexity index is 1040. The zero-order valence-electron chi connectivity index (χ0n) is 16.8. The van der Waals surface area contributed by atoms with Crippen LogP contribution < -0.4 is 19.7 Å². The zero-order chi connectivity index (χ0) is 21.8. The fraction of sp³-hybridized carbons (Fsp3) is 0.227. The van der Waals surface area contributed by atoms with Crippen LogP contribution in [0, 0.1) is 0 Å². The van der Waals surface area contributed by atoms with Crippen molar-refractivity contribution in [1.29, 1.82) is 0 Å². The molecule has 1 saturated heterocycles. The summed E-state index contributed by atoms with van der Waals surface area (Å²) in [4.78, 5) is 26.9. The second-order valence-corrected chi connectivity index (χ2v) is 7.45. The van der Waals surface area contributed by atoms with Gasteiger partial charge in [-0.2, -0.15) is 0 Å². The number of para-hydroxylation sites is 2. The van der Waals surface area contributed by atoms with Crippen molar-refractivity contribution < 1.29 is 19.1 Å². The minimum absolute atomic E-state index is 0.0121. The lowest BCUT2D eigenvalue weighted by Crippen LogP contribution is -2.54. The van der Waals surface area contributed by atoms with Crippen molar-refractivity contribution in [3.8, 4) is 11.5 Å². The highest BCUT2D eigenvalue weighted by atomic mass is 35.5. The van der Waals surface area contributed by atoms with E-state index < -0.39 is 11.8 Å². The molecule has 1 heterocycles. The van der Waals surface area contributed by atoms with Crippen LogP contribution >= 0.6 is 23.8 Å². The molecule has 1 aliphatic heterocycles. The summed E-state index contributed by atoms with van der Waals surface area (Å²) >= 11 is 11.6. The standard InChI is InChI=1S/C22H21ClN2O4S/c1-4-13(2)29-18-10-9-14(12-16(18)23)11-15-20(26)24-22(30)25(21(15)27)17-7-5-6-8-19(17)28-3/h5-13H,4H2,1-3H3,(H,24,26,30)/b15-11+/t13-/m0/s1. The number of benzene rings is 2. The Hall–Kier alpha value is -2.90. The van der Waals surface area contributed by atoms with E-state index in [2.05, 4.69) is 5.32 Å². The summed E-state index contributed by atoms with van der Waals surface area (Å²) in [6, 6.07) is 12.0. The van der Waals surface area contributed by atoms with Crippen LogP contribution in [0.4, 0.5) is 5.69 Å². The topological polar surface area (TPSA) is 67.9 Å². The van der Waals surface area contributed by atoms with Gasteiger partial charge in [-0.05, 0) is 61.5 Å². The number of hydrogen-bond donors (Lipinski definition) is 1. The van der Waals surface area contributed by atoms with Crippen molar-refractivity contribution in [3.63, 3.8) is 0 Å². The Kier molecular flexibility index (Phi) is 6.74. The van der Waals surface area contributed by atoms with Crippen LogP contribution in [0.15, 0.2) is 48.0 Å². The van der Waals surface area contributed by atoms with Crippen LogP contribution in [0.25, 0.3) is 6.08 Å². The van der Waals surface area contributed by atoms with Crippen LogP contribution in [0.1, 0.15) is 25.8 Å².